The molecule has 2 aromatic heterocycles. The standard InChI is InChI=1S/C17H16N4O2/c1-11-7-8-21-15(9-11)18-14(10-16(22)23)17(21)20-19-13-6-4-3-5-12(13)2/h3-9H,10H2,1-2H3,(H,22,23). The maximum Gasteiger partial charge on any atom is 0.309 e. The largest absolute Gasteiger partial charge is 0.481 e. The molecular formula is C17H16N4O2. The molecule has 2 heterocycles. The second kappa shape index (κ2) is 6.00. The lowest BCUT2D eigenvalue weighted by molar-refractivity contribution is -0.136. The minimum atomic E-state index is -0.947. The third-order valence-electron chi connectivity index (χ3n) is 3.51. The number of nitrogens with zero attached hydrogens (tertiary/aromatic N) is 4. The maximum absolute atomic E-state index is 11.1. The monoisotopic (exact) mass is 308 g/mol. The van der Waals surface area contributed by atoms with E-state index in [0.717, 1.165) is 16.8 Å². The van der Waals surface area contributed by atoms with Crippen LogP contribution in [0, 0.1) is 13.8 Å². The van der Waals surface area contributed by atoms with Crippen molar-refractivity contribution in [3.8, 4) is 0 Å². The molecule has 116 valence electrons. The molecule has 6 heteroatoms. The normalized spacial score (nSPS) is 11.4. The van der Waals surface area contributed by atoms with E-state index >= 15 is 0 Å². The van der Waals surface area contributed by atoms with Crippen LogP contribution in [0.25, 0.3) is 5.65 Å². The summed E-state index contributed by atoms with van der Waals surface area (Å²) >= 11 is 0. The van der Waals surface area contributed by atoms with Crippen LogP contribution >= 0.6 is 0 Å². The van der Waals surface area contributed by atoms with Crippen molar-refractivity contribution in [1.29, 1.82) is 0 Å². The molecule has 0 aliphatic rings. The van der Waals surface area contributed by atoms with E-state index in [1.807, 2.05) is 56.4 Å². The number of aromatic nitrogens is 2. The number of carboxylic acid groups (broad SMARTS) is 1. The number of rotatable bonds is 4. The Kier molecular flexibility index (Phi) is 3.89. The Labute approximate surface area is 133 Å². The van der Waals surface area contributed by atoms with Crippen molar-refractivity contribution in [1.82, 2.24) is 9.38 Å². The van der Waals surface area contributed by atoms with Crippen LogP contribution in [0.4, 0.5) is 11.5 Å². The number of carbonyl (C=O) groups is 1. The quantitative estimate of drug-likeness (QED) is 0.740. The Morgan fingerprint density at radius 3 is 2.74 bits per heavy atom. The number of hydrogen-bond donors (Lipinski definition) is 1. The molecule has 0 bridgehead atoms. The highest BCUT2D eigenvalue weighted by atomic mass is 16.4. The molecule has 1 N–H and O–H groups in total. The first kappa shape index (κ1) is 14.9. The molecule has 0 aliphatic heterocycles. The predicted octanol–water partition coefficient (Wildman–Crippen LogP) is 3.99. The Morgan fingerprint density at radius 2 is 2.00 bits per heavy atom. The smallest absolute Gasteiger partial charge is 0.309 e. The summed E-state index contributed by atoms with van der Waals surface area (Å²) in [5, 5.41) is 17.6. The highest BCUT2D eigenvalue weighted by Gasteiger charge is 2.15. The van der Waals surface area contributed by atoms with Gasteiger partial charge in [-0.3, -0.25) is 9.20 Å². The van der Waals surface area contributed by atoms with Gasteiger partial charge in [0.05, 0.1) is 17.8 Å². The van der Waals surface area contributed by atoms with E-state index < -0.39 is 5.97 Å². The minimum Gasteiger partial charge on any atom is -0.481 e. The van der Waals surface area contributed by atoms with Gasteiger partial charge in [-0.2, -0.15) is 0 Å². The lowest BCUT2D eigenvalue weighted by Crippen LogP contribution is -2.00. The van der Waals surface area contributed by atoms with Crippen molar-refractivity contribution in [3.63, 3.8) is 0 Å². The molecule has 3 rings (SSSR count). The average molecular weight is 308 g/mol. The number of benzene rings is 1. The summed E-state index contributed by atoms with van der Waals surface area (Å²) in [7, 11) is 0. The van der Waals surface area contributed by atoms with Gasteiger partial charge in [-0.15, -0.1) is 10.2 Å². The highest BCUT2D eigenvalue weighted by molar-refractivity contribution is 5.72. The molecule has 1 aromatic carbocycles. The van der Waals surface area contributed by atoms with Gasteiger partial charge in [0.2, 0.25) is 0 Å². The minimum absolute atomic E-state index is 0.192. The molecule has 3 aromatic rings. The first-order valence-corrected chi connectivity index (χ1v) is 7.21. The zero-order valence-corrected chi connectivity index (χ0v) is 12.9. The molecule has 0 spiro atoms. The summed E-state index contributed by atoms with van der Waals surface area (Å²) in [4.78, 5) is 15.4. The second-order valence-electron chi connectivity index (χ2n) is 5.37. The van der Waals surface area contributed by atoms with Crippen molar-refractivity contribution in [3.05, 3.63) is 59.4 Å². The van der Waals surface area contributed by atoms with Crippen molar-refractivity contribution in [2.75, 3.05) is 0 Å². The second-order valence-corrected chi connectivity index (χ2v) is 5.37. The van der Waals surface area contributed by atoms with Crippen LogP contribution in [0.5, 0.6) is 0 Å². The Bertz CT molecular complexity index is 912. The summed E-state index contributed by atoms with van der Waals surface area (Å²) in [6, 6.07) is 11.4. The number of aryl methyl sites for hydroxylation is 2. The molecule has 0 saturated carbocycles. The Balaban J connectivity index is 2.10. The van der Waals surface area contributed by atoms with Gasteiger partial charge in [0.15, 0.2) is 5.82 Å². The fraction of sp³-hybridized carbons (Fsp3) is 0.176. The van der Waals surface area contributed by atoms with E-state index in [2.05, 4.69) is 15.2 Å². The number of pyridine rings is 1. The van der Waals surface area contributed by atoms with Crippen LogP contribution in [0.1, 0.15) is 16.8 Å². The van der Waals surface area contributed by atoms with Gasteiger partial charge in [-0.1, -0.05) is 18.2 Å². The van der Waals surface area contributed by atoms with Gasteiger partial charge in [0.25, 0.3) is 0 Å². The zero-order chi connectivity index (χ0) is 16.4. The molecular weight excluding hydrogens is 292 g/mol. The van der Waals surface area contributed by atoms with Gasteiger partial charge in [-0.05, 0) is 43.2 Å². The zero-order valence-electron chi connectivity index (χ0n) is 12.9. The predicted molar refractivity (Wildman–Crippen MR) is 86.6 cm³/mol. The molecule has 0 radical (unpaired) electrons. The fourth-order valence-electron chi connectivity index (χ4n) is 2.33. The maximum atomic E-state index is 11.1. The first-order valence-electron chi connectivity index (χ1n) is 7.21. The van der Waals surface area contributed by atoms with E-state index in [-0.39, 0.29) is 6.42 Å². The molecule has 0 saturated heterocycles. The van der Waals surface area contributed by atoms with E-state index in [1.165, 1.54) is 0 Å². The van der Waals surface area contributed by atoms with Gasteiger partial charge >= 0.3 is 5.97 Å². The van der Waals surface area contributed by atoms with Crippen LogP contribution in [-0.4, -0.2) is 20.5 Å². The van der Waals surface area contributed by atoms with Crippen molar-refractivity contribution in [2.45, 2.75) is 20.3 Å². The summed E-state index contributed by atoms with van der Waals surface area (Å²) in [5.41, 5.74) is 3.86. The number of fused-ring (bicyclic) bond motifs is 1. The third kappa shape index (κ3) is 3.11. The molecule has 0 amide bonds. The SMILES string of the molecule is Cc1ccn2c(N=Nc3ccccc3C)c(CC(=O)O)nc2c1. The number of aliphatic carboxylic acids is 1. The van der Waals surface area contributed by atoms with E-state index in [0.29, 0.717) is 17.2 Å². The van der Waals surface area contributed by atoms with E-state index in [9.17, 15) is 4.79 Å². The number of azo groups is 1. The van der Waals surface area contributed by atoms with Gasteiger partial charge < -0.3 is 5.11 Å². The van der Waals surface area contributed by atoms with E-state index in [1.54, 1.807) is 4.40 Å². The summed E-state index contributed by atoms with van der Waals surface area (Å²) in [6.07, 6.45) is 1.64. The molecule has 6 nitrogen and oxygen atoms in total. The summed E-state index contributed by atoms with van der Waals surface area (Å²) < 4.78 is 1.76. The lowest BCUT2D eigenvalue weighted by Gasteiger charge is -2.00. The summed E-state index contributed by atoms with van der Waals surface area (Å²) in [5.74, 6) is -0.497. The van der Waals surface area contributed by atoms with Crippen LogP contribution in [0.3, 0.4) is 0 Å². The third-order valence-corrected chi connectivity index (χ3v) is 3.51. The van der Waals surface area contributed by atoms with Crippen LogP contribution in [0.2, 0.25) is 0 Å². The average Bonchev–Trinajstić information content (AvgIpc) is 2.82. The number of carboxylic acids is 1. The number of imidazole rings is 1. The van der Waals surface area contributed by atoms with Gasteiger partial charge in [-0.25, -0.2) is 4.98 Å². The van der Waals surface area contributed by atoms with Gasteiger partial charge in [0.1, 0.15) is 5.65 Å². The topological polar surface area (TPSA) is 79.3 Å². The van der Waals surface area contributed by atoms with E-state index in [4.69, 9.17) is 5.11 Å². The lowest BCUT2D eigenvalue weighted by atomic mass is 10.2. The van der Waals surface area contributed by atoms with Crippen molar-refractivity contribution in [2.24, 2.45) is 10.2 Å². The Morgan fingerprint density at radius 1 is 1.22 bits per heavy atom. The molecule has 0 unspecified atom stereocenters. The van der Waals surface area contributed by atoms with Crippen molar-refractivity contribution < 1.29 is 9.90 Å². The van der Waals surface area contributed by atoms with Crippen LogP contribution < -0.4 is 0 Å². The molecule has 0 fully saturated rings. The molecule has 23 heavy (non-hydrogen) atoms. The van der Waals surface area contributed by atoms with Crippen LogP contribution in [0.15, 0.2) is 52.8 Å². The fourth-order valence-corrected chi connectivity index (χ4v) is 2.33. The first-order chi connectivity index (χ1) is 11.0. The number of hydrogen-bond acceptors (Lipinski definition) is 4. The Hall–Kier alpha value is -3.02. The summed E-state index contributed by atoms with van der Waals surface area (Å²) in [6.45, 7) is 3.91. The highest BCUT2D eigenvalue weighted by Crippen LogP contribution is 2.26. The molecule has 0 atom stereocenters. The van der Waals surface area contributed by atoms with Crippen molar-refractivity contribution >= 4 is 23.1 Å². The van der Waals surface area contributed by atoms with Gasteiger partial charge in [0, 0.05) is 6.20 Å². The van der Waals surface area contributed by atoms with Crippen LogP contribution in [-0.2, 0) is 11.2 Å². The molecule has 0 aliphatic carbocycles.